The Labute approximate surface area is 186 Å². The average Bonchev–Trinajstić information content (AvgIpc) is 3.27. The minimum absolute atomic E-state index is 0.240. The third-order valence-electron chi connectivity index (χ3n) is 5.44. The van der Waals surface area contributed by atoms with Crippen LogP contribution in [0, 0.1) is 0 Å². The number of nitrogens with zero attached hydrogens (tertiary/aromatic N) is 2. The van der Waals surface area contributed by atoms with Gasteiger partial charge in [0.25, 0.3) is 10.0 Å². The maximum Gasteiger partial charge on any atom is 0.268 e. The van der Waals surface area contributed by atoms with Gasteiger partial charge >= 0.3 is 0 Å². The van der Waals surface area contributed by atoms with Crippen molar-refractivity contribution in [1.82, 2.24) is 8.96 Å². The van der Waals surface area contributed by atoms with Crippen LogP contribution < -0.4 is 10.1 Å². The number of hydrogen-bond donors (Lipinski definition) is 1. The highest BCUT2D eigenvalue weighted by Gasteiger charge is 2.19. The van der Waals surface area contributed by atoms with E-state index in [1.165, 1.54) is 3.97 Å². The van der Waals surface area contributed by atoms with Gasteiger partial charge in [-0.2, -0.15) is 0 Å². The zero-order valence-electron chi connectivity index (χ0n) is 17.4. The van der Waals surface area contributed by atoms with E-state index in [4.69, 9.17) is 4.74 Å². The minimum atomic E-state index is -3.70. The van der Waals surface area contributed by atoms with Gasteiger partial charge in [0.2, 0.25) is 0 Å². The average molecular weight is 444 g/mol. The topological polar surface area (TPSA) is 73.2 Å². The van der Waals surface area contributed by atoms with Crippen LogP contribution in [0.4, 0.5) is 5.69 Å². The monoisotopic (exact) mass is 443 g/mol. The lowest BCUT2D eigenvalue weighted by atomic mass is 10.2. The molecule has 3 aromatic carbocycles. The molecule has 0 atom stereocenters. The first kappa shape index (κ1) is 20.1. The van der Waals surface area contributed by atoms with Gasteiger partial charge in [0, 0.05) is 35.4 Å². The molecule has 0 spiro atoms. The summed E-state index contributed by atoms with van der Waals surface area (Å²) in [6.07, 6.45) is 3.35. The fourth-order valence-corrected chi connectivity index (χ4v) is 5.06. The van der Waals surface area contributed by atoms with Gasteiger partial charge in [0.1, 0.15) is 5.75 Å². The fraction of sp³-hybridized carbons (Fsp3) is 0.0800. The fourth-order valence-electron chi connectivity index (χ4n) is 3.71. The maximum atomic E-state index is 13.2. The number of ether oxygens (including phenoxy) is 1. The first-order valence-electron chi connectivity index (χ1n) is 10.1. The first-order valence-corrected chi connectivity index (χ1v) is 11.6. The predicted molar refractivity (Wildman–Crippen MR) is 127 cm³/mol. The second kappa shape index (κ2) is 8.01. The smallest absolute Gasteiger partial charge is 0.268 e. The summed E-state index contributed by atoms with van der Waals surface area (Å²) < 4.78 is 32.9. The van der Waals surface area contributed by atoms with Crippen LogP contribution in [0.25, 0.3) is 21.8 Å². The number of aromatic nitrogens is 2. The number of fused-ring (bicyclic) bond motifs is 2. The Morgan fingerprint density at radius 3 is 2.59 bits per heavy atom. The van der Waals surface area contributed by atoms with E-state index < -0.39 is 10.0 Å². The van der Waals surface area contributed by atoms with Crippen LogP contribution in [0.5, 0.6) is 5.75 Å². The summed E-state index contributed by atoms with van der Waals surface area (Å²) >= 11 is 0. The lowest BCUT2D eigenvalue weighted by Gasteiger charge is -2.10. The number of methoxy groups -OCH3 is 1. The van der Waals surface area contributed by atoms with Crippen molar-refractivity contribution in [3.05, 3.63) is 96.8 Å². The van der Waals surface area contributed by atoms with Gasteiger partial charge in [0.05, 0.1) is 23.0 Å². The Morgan fingerprint density at radius 2 is 1.78 bits per heavy atom. The van der Waals surface area contributed by atoms with Gasteiger partial charge in [-0.1, -0.05) is 24.3 Å². The quantitative estimate of drug-likeness (QED) is 0.398. The SMILES string of the molecule is COc1ccc2c(ccn2S(=O)(=O)c2ccc(CNc3ccc4cccnc4c3)cc2)c1. The van der Waals surface area contributed by atoms with E-state index in [-0.39, 0.29) is 4.90 Å². The molecule has 0 unspecified atom stereocenters. The number of anilines is 1. The second-order valence-corrected chi connectivity index (χ2v) is 9.26. The summed E-state index contributed by atoms with van der Waals surface area (Å²) in [6.45, 7) is 0.574. The molecule has 5 aromatic rings. The normalized spacial score (nSPS) is 11.7. The summed E-state index contributed by atoms with van der Waals surface area (Å²) in [5, 5.41) is 5.26. The molecule has 160 valence electrons. The Balaban J connectivity index is 1.35. The lowest BCUT2D eigenvalue weighted by molar-refractivity contribution is 0.415. The highest BCUT2D eigenvalue weighted by molar-refractivity contribution is 7.90. The van der Waals surface area contributed by atoms with Crippen LogP contribution >= 0.6 is 0 Å². The van der Waals surface area contributed by atoms with Gasteiger partial charge in [-0.3, -0.25) is 4.98 Å². The molecule has 1 N–H and O–H groups in total. The molecule has 2 aromatic heterocycles. The van der Waals surface area contributed by atoms with E-state index in [1.54, 1.807) is 49.8 Å². The predicted octanol–water partition coefficient (Wildman–Crippen LogP) is 5.05. The van der Waals surface area contributed by atoms with Gasteiger partial charge in [-0.05, 0) is 60.2 Å². The molecule has 0 aliphatic heterocycles. The molecular formula is C25H21N3O3S. The summed E-state index contributed by atoms with van der Waals surface area (Å²) in [4.78, 5) is 4.62. The highest BCUT2D eigenvalue weighted by Crippen LogP contribution is 2.26. The van der Waals surface area contributed by atoms with Crippen molar-refractivity contribution in [1.29, 1.82) is 0 Å². The van der Waals surface area contributed by atoms with E-state index in [1.807, 2.05) is 48.5 Å². The van der Waals surface area contributed by atoms with Crippen LogP contribution in [0.2, 0.25) is 0 Å². The van der Waals surface area contributed by atoms with E-state index in [9.17, 15) is 8.42 Å². The molecular weight excluding hydrogens is 422 g/mol. The van der Waals surface area contributed by atoms with Crippen molar-refractivity contribution in [2.45, 2.75) is 11.4 Å². The molecule has 5 rings (SSSR count). The van der Waals surface area contributed by atoms with Gasteiger partial charge in [0.15, 0.2) is 0 Å². The van der Waals surface area contributed by atoms with Crippen LogP contribution in [-0.4, -0.2) is 24.5 Å². The molecule has 0 bridgehead atoms. The highest BCUT2D eigenvalue weighted by atomic mass is 32.2. The molecule has 0 aliphatic carbocycles. The lowest BCUT2D eigenvalue weighted by Crippen LogP contribution is -2.12. The molecule has 0 radical (unpaired) electrons. The number of hydrogen-bond acceptors (Lipinski definition) is 5. The molecule has 2 heterocycles. The molecule has 6 nitrogen and oxygen atoms in total. The molecule has 7 heteroatoms. The van der Waals surface area contributed by atoms with E-state index in [2.05, 4.69) is 10.3 Å². The molecule has 0 amide bonds. The van der Waals surface area contributed by atoms with Crippen LogP contribution in [0.3, 0.4) is 0 Å². The van der Waals surface area contributed by atoms with E-state index in [0.29, 0.717) is 17.8 Å². The number of pyridine rings is 1. The minimum Gasteiger partial charge on any atom is -0.497 e. The maximum absolute atomic E-state index is 13.2. The van der Waals surface area contributed by atoms with Crippen molar-refractivity contribution in [2.75, 3.05) is 12.4 Å². The van der Waals surface area contributed by atoms with E-state index >= 15 is 0 Å². The Bertz CT molecular complexity index is 1520. The Hall–Kier alpha value is -3.84. The van der Waals surface area contributed by atoms with Crippen molar-refractivity contribution >= 4 is 37.5 Å². The van der Waals surface area contributed by atoms with Gasteiger partial charge in [-0.25, -0.2) is 12.4 Å². The van der Waals surface area contributed by atoms with Crippen molar-refractivity contribution in [3.63, 3.8) is 0 Å². The molecule has 32 heavy (non-hydrogen) atoms. The van der Waals surface area contributed by atoms with Crippen molar-refractivity contribution in [2.24, 2.45) is 0 Å². The summed E-state index contributed by atoms with van der Waals surface area (Å²) in [5.74, 6) is 0.687. The molecule has 0 saturated carbocycles. The Morgan fingerprint density at radius 1 is 0.938 bits per heavy atom. The van der Waals surface area contributed by atoms with Crippen molar-refractivity contribution in [3.8, 4) is 5.75 Å². The van der Waals surface area contributed by atoms with Crippen LogP contribution in [0.1, 0.15) is 5.56 Å². The third kappa shape index (κ3) is 3.67. The number of nitrogens with one attached hydrogen (secondary N) is 1. The third-order valence-corrected chi connectivity index (χ3v) is 7.15. The zero-order valence-corrected chi connectivity index (χ0v) is 18.2. The van der Waals surface area contributed by atoms with Crippen LogP contribution in [-0.2, 0) is 16.6 Å². The summed E-state index contributed by atoms with van der Waals surface area (Å²) in [7, 11) is -2.12. The number of rotatable bonds is 6. The Kier molecular flexibility index (Phi) is 5.03. The molecule has 0 saturated heterocycles. The first-order chi connectivity index (χ1) is 15.5. The van der Waals surface area contributed by atoms with E-state index in [0.717, 1.165) is 27.5 Å². The van der Waals surface area contributed by atoms with Gasteiger partial charge in [-0.15, -0.1) is 0 Å². The summed E-state index contributed by atoms with van der Waals surface area (Å²) in [5.41, 5.74) is 3.48. The van der Waals surface area contributed by atoms with Gasteiger partial charge < -0.3 is 10.1 Å². The zero-order chi connectivity index (χ0) is 22.1. The number of benzene rings is 3. The molecule has 0 fully saturated rings. The van der Waals surface area contributed by atoms with Crippen molar-refractivity contribution < 1.29 is 13.2 Å². The molecule has 0 aliphatic rings. The summed E-state index contributed by atoms with van der Waals surface area (Å²) in [6, 6.07) is 24.0. The standard InChI is InChI=1S/C25H21N3O3S/c1-31-22-8-11-25-20(15-22)12-14-28(25)32(29,30)23-9-4-18(5-10-23)17-27-21-7-6-19-3-2-13-26-24(19)16-21/h2-16,27H,17H2,1H3. The van der Waals surface area contributed by atoms with Crippen LogP contribution in [0.15, 0.2) is 96.2 Å². The largest absolute Gasteiger partial charge is 0.497 e. The second-order valence-electron chi connectivity index (χ2n) is 7.45.